The number of nitrogens with zero attached hydrogens (tertiary/aromatic N) is 1. The highest BCUT2D eigenvalue weighted by Gasteiger charge is 2.32. The van der Waals surface area contributed by atoms with E-state index in [-0.39, 0.29) is 42.2 Å². The third-order valence-corrected chi connectivity index (χ3v) is 6.03. The van der Waals surface area contributed by atoms with Crippen LogP contribution in [0.1, 0.15) is 54.2 Å². The summed E-state index contributed by atoms with van der Waals surface area (Å²) in [5.74, 6) is -0.362. The van der Waals surface area contributed by atoms with Crippen LogP contribution < -0.4 is 15.5 Å². The zero-order chi connectivity index (χ0) is 29.7. The van der Waals surface area contributed by atoms with Crippen LogP contribution in [0.25, 0.3) is 0 Å². The van der Waals surface area contributed by atoms with Gasteiger partial charge in [0.25, 0.3) is 5.91 Å². The lowest BCUT2D eigenvalue weighted by Crippen LogP contribution is -2.37. The number of carbonyl (C=O) groups is 2. The predicted octanol–water partition coefficient (Wildman–Crippen LogP) is 7.88. The fourth-order valence-corrected chi connectivity index (χ4v) is 3.83. The zero-order valence-electron chi connectivity index (χ0n) is 22.1. The molecule has 0 saturated heterocycles. The maximum Gasteiger partial charge on any atom is 0.416 e. The molecule has 0 unspecified atom stereocenters. The lowest BCUT2D eigenvalue weighted by atomic mass is 9.87. The zero-order valence-corrected chi connectivity index (χ0v) is 22.1. The summed E-state index contributed by atoms with van der Waals surface area (Å²) in [6.07, 6.45) is -9.17. The number of amides is 3. The number of hydrogen-bond acceptors (Lipinski definition) is 2. The van der Waals surface area contributed by atoms with Gasteiger partial charge in [-0.3, -0.25) is 9.69 Å². The van der Waals surface area contributed by atoms with E-state index < -0.39 is 29.5 Å². The lowest BCUT2D eigenvalue weighted by molar-refractivity contribution is -0.138. The topological polar surface area (TPSA) is 61.4 Å². The molecule has 0 atom stereocenters. The Kier molecular flexibility index (Phi) is 9.17. The van der Waals surface area contributed by atoms with Gasteiger partial charge in [0.1, 0.15) is 0 Å². The molecule has 40 heavy (non-hydrogen) atoms. The van der Waals surface area contributed by atoms with Crippen LogP contribution in [0.4, 0.5) is 42.5 Å². The average molecular weight is 566 g/mol. The second-order valence-electron chi connectivity index (χ2n) is 10.1. The van der Waals surface area contributed by atoms with E-state index in [0.717, 1.165) is 46.9 Å². The van der Waals surface area contributed by atoms with Crippen molar-refractivity contribution in [2.45, 2.75) is 45.0 Å². The van der Waals surface area contributed by atoms with E-state index in [4.69, 9.17) is 0 Å². The van der Waals surface area contributed by atoms with E-state index in [9.17, 15) is 35.9 Å². The first-order valence-corrected chi connectivity index (χ1v) is 12.4. The van der Waals surface area contributed by atoms with Gasteiger partial charge in [-0.05, 0) is 65.9 Å². The Hall–Kier alpha value is -4.02. The van der Waals surface area contributed by atoms with E-state index >= 15 is 0 Å². The lowest BCUT2D eigenvalue weighted by Gasteiger charge is -2.24. The third kappa shape index (κ3) is 8.24. The first kappa shape index (κ1) is 30.5. The number of anilines is 2. The van der Waals surface area contributed by atoms with Crippen molar-refractivity contribution in [3.05, 3.63) is 95.1 Å². The summed E-state index contributed by atoms with van der Waals surface area (Å²) in [5, 5.41) is 5.03. The fourth-order valence-electron chi connectivity index (χ4n) is 3.83. The molecule has 0 spiro atoms. The van der Waals surface area contributed by atoms with Crippen LogP contribution in [0, 0.1) is 0 Å². The number of nitrogens with one attached hydrogen (secondary N) is 2. The van der Waals surface area contributed by atoms with Gasteiger partial charge in [-0.2, -0.15) is 26.3 Å². The van der Waals surface area contributed by atoms with Crippen molar-refractivity contribution >= 4 is 23.3 Å². The molecule has 0 radical (unpaired) electrons. The van der Waals surface area contributed by atoms with Gasteiger partial charge in [0, 0.05) is 30.0 Å². The summed E-state index contributed by atoms with van der Waals surface area (Å²) in [6, 6.07) is 14.1. The van der Waals surface area contributed by atoms with E-state index in [1.165, 1.54) is 12.1 Å². The van der Waals surface area contributed by atoms with Crippen molar-refractivity contribution in [1.29, 1.82) is 0 Å². The number of carbonyl (C=O) groups excluding carboxylic acids is 2. The molecule has 3 amide bonds. The smallest absolute Gasteiger partial charge is 0.352 e. The molecular formula is C29H29F6N3O2. The molecule has 0 aromatic heterocycles. The number of rotatable bonds is 7. The SMILES string of the molecule is CC(C)(C)c1ccc(C(=O)NCCCN(C(=O)Nc2cccc(C(F)(F)F)c2)c2cccc(C(F)(F)F)c2)cc1. The summed E-state index contributed by atoms with van der Waals surface area (Å²) in [7, 11) is 0. The van der Waals surface area contributed by atoms with Gasteiger partial charge in [-0.25, -0.2) is 4.79 Å². The summed E-state index contributed by atoms with van der Waals surface area (Å²) >= 11 is 0. The number of benzene rings is 3. The molecule has 11 heteroatoms. The quantitative estimate of drug-likeness (QED) is 0.226. The minimum atomic E-state index is -4.67. The Balaban J connectivity index is 1.73. The highest BCUT2D eigenvalue weighted by Crippen LogP contribution is 2.33. The first-order valence-electron chi connectivity index (χ1n) is 12.4. The monoisotopic (exact) mass is 565 g/mol. The van der Waals surface area contributed by atoms with Crippen LogP contribution >= 0.6 is 0 Å². The average Bonchev–Trinajstić information content (AvgIpc) is 2.87. The molecule has 3 rings (SSSR count). The van der Waals surface area contributed by atoms with Crippen molar-refractivity contribution in [2.75, 3.05) is 23.3 Å². The van der Waals surface area contributed by atoms with E-state index in [1.54, 1.807) is 12.1 Å². The van der Waals surface area contributed by atoms with E-state index in [0.29, 0.717) is 5.56 Å². The van der Waals surface area contributed by atoms with Crippen molar-refractivity contribution in [1.82, 2.24) is 5.32 Å². The van der Waals surface area contributed by atoms with Gasteiger partial charge in [-0.1, -0.05) is 45.0 Å². The van der Waals surface area contributed by atoms with E-state index in [1.807, 2.05) is 32.9 Å². The van der Waals surface area contributed by atoms with Gasteiger partial charge in [0.05, 0.1) is 11.1 Å². The summed E-state index contributed by atoms with van der Waals surface area (Å²) in [6.45, 7) is 6.09. The summed E-state index contributed by atoms with van der Waals surface area (Å²) < 4.78 is 79.2. The molecule has 3 aromatic rings. The number of urea groups is 1. The molecule has 5 nitrogen and oxygen atoms in total. The van der Waals surface area contributed by atoms with E-state index in [2.05, 4.69) is 10.6 Å². The molecule has 0 aliphatic heterocycles. The van der Waals surface area contributed by atoms with Crippen molar-refractivity contribution in [2.24, 2.45) is 0 Å². The molecule has 2 N–H and O–H groups in total. The molecule has 0 aliphatic rings. The van der Waals surface area contributed by atoms with Crippen LogP contribution in [0.2, 0.25) is 0 Å². The molecule has 0 aliphatic carbocycles. The molecule has 0 heterocycles. The third-order valence-electron chi connectivity index (χ3n) is 6.03. The second kappa shape index (κ2) is 12.0. The highest BCUT2D eigenvalue weighted by molar-refractivity contribution is 6.01. The Morgan fingerprint density at radius 3 is 1.90 bits per heavy atom. The standard InChI is InChI=1S/C29H29F6N3O2/c1-27(2,3)20-13-11-19(12-14-20)25(39)36-15-6-16-38(24-10-5-8-22(18-24)29(33,34)35)26(40)37-23-9-4-7-21(17-23)28(30,31)32/h4-5,7-14,17-18H,6,15-16H2,1-3H3,(H,36,39)(H,37,40). The first-order chi connectivity index (χ1) is 18.6. The van der Waals surface area contributed by atoms with Crippen molar-refractivity contribution in [3.63, 3.8) is 0 Å². The molecule has 3 aromatic carbocycles. The molecule has 0 fully saturated rings. The van der Waals surface area contributed by atoms with Crippen LogP contribution in [-0.4, -0.2) is 25.0 Å². The van der Waals surface area contributed by atoms with Crippen molar-refractivity contribution in [3.8, 4) is 0 Å². The highest BCUT2D eigenvalue weighted by atomic mass is 19.4. The maximum absolute atomic E-state index is 13.3. The Labute approximate surface area is 228 Å². The molecule has 0 saturated carbocycles. The predicted molar refractivity (Wildman–Crippen MR) is 141 cm³/mol. The minimum absolute atomic E-state index is 0.0868. The van der Waals surface area contributed by atoms with Gasteiger partial charge in [0.2, 0.25) is 0 Å². The Bertz CT molecular complexity index is 1330. The van der Waals surface area contributed by atoms with Gasteiger partial charge in [0.15, 0.2) is 0 Å². The minimum Gasteiger partial charge on any atom is -0.352 e. The van der Waals surface area contributed by atoms with Crippen LogP contribution in [0.15, 0.2) is 72.8 Å². The van der Waals surface area contributed by atoms with Crippen LogP contribution in [0.5, 0.6) is 0 Å². The molecular weight excluding hydrogens is 536 g/mol. The van der Waals surface area contributed by atoms with Crippen LogP contribution in [-0.2, 0) is 17.8 Å². The van der Waals surface area contributed by atoms with Gasteiger partial charge >= 0.3 is 18.4 Å². The largest absolute Gasteiger partial charge is 0.416 e. The van der Waals surface area contributed by atoms with Gasteiger partial charge in [-0.15, -0.1) is 0 Å². The molecule has 0 bridgehead atoms. The number of halogens is 6. The van der Waals surface area contributed by atoms with Crippen molar-refractivity contribution < 1.29 is 35.9 Å². The summed E-state index contributed by atoms with van der Waals surface area (Å²) in [4.78, 5) is 26.6. The fraction of sp³-hybridized carbons (Fsp3) is 0.310. The second-order valence-corrected chi connectivity index (χ2v) is 10.1. The maximum atomic E-state index is 13.3. The molecule has 214 valence electrons. The number of alkyl halides is 6. The van der Waals surface area contributed by atoms with Gasteiger partial charge < -0.3 is 10.6 Å². The Morgan fingerprint density at radius 2 is 1.32 bits per heavy atom. The van der Waals surface area contributed by atoms with Crippen LogP contribution in [0.3, 0.4) is 0 Å². The summed E-state index contributed by atoms with van der Waals surface area (Å²) in [5.41, 5.74) is -0.885. The number of hydrogen-bond donors (Lipinski definition) is 2. The normalized spacial score (nSPS) is 12.1. The Morgan fingerprint density at radius 1 is 0.750 bits per heavy atom.